The number of rotatable bonds is 7. The first-order valence-electron chi connectivity index (χ1n) is 5.00. The van der Waals surface area contributed by atoms with Crippen molar-refractivity contribution >= 4 is 17.9 Å². The molecule has 0 saturated heterocycles. The van der Waals surface area contributed by atoms with Gasteiger partial charge in [-0.3, -0.25) is 9.59 Å². The van der Waals surface area contributed by atoms with Crippen LogP contribution in [0.4, 0.5) is 0 Å². The fraction of sp³-hybridized carbons (Fsp3) is 0.545. The second-order valence-corrected chi connectivity index (χ2v) is 3.37. The maximum atomic E-state index is 11.3. The second kappa shape index (κ2) is 7.43. The largest absolute Gasteiger partial charge is 0.478 e. The molecular weight excluding hydrogens is 228 g/mol. The number of hydrogen-bond acceptors (Lipinski definition) is 5. The highest BCUT2D eigenvalue weighted by Gasteiger charge is 2.26. The number of ether oxygens (including phenoxy) is 2. The minimum atomic E-state index is -1.25. The van der Waals surface area contributed by atoms with Gasteiger partial charge in [0.1, 0.15) is 0 Å². The molecule has 0 aromatic heterocycles. The Labute approximate surface area is 99.2 Å². The number of carbonyl (C=O) groups is 3. The van der Waals surface area contributed by atoms with Crippen LogP contribution in [0.3, 0.4) is 0 Å². The summed E-state index contributed by atoms with van der Waals surface area (Å²) < 4.78 is 8.92. The molecule has 0 fully saturated rings. The summed E-state index contributed by atoms with van der Waals surface area (Å²) in [5.41, 5.74) is -0.235. The van der Waals surface area contributed by atoms with Crippen LogP contribution in [0.15, 0.2) is 12.2 Å². The quantitative estimate of drug-likeness (QED) is 0.525. The zero-order chi connectivity index (χ0) is 13.4. The fourth-order valence-electron chi connectivity index (χ4n) is 1.28. The monoisotopic (exact) mass is 244 g/mol. The molecule has 0 aromatic rings. The molecular formula is C11H16O6. The molecule has 0 aliphatic carbocycles. The van der Waals surface area contributed by atoms with Crippen molar-refractivity contribution in [3.63, 3.8) is 0 Å². The smallest absolute Gasteiger partial charge is 0.331 e. The molecule has 0 amide bonds. The molecule has 1 N–H and O–H groups in total. The van der Waals surface area contributed by atoms with Crippen molar-refractivity contribution in [2.45, 2.75) is 19.3 Å². The number of esters is 2. The zero-order valence-corrected chi connectivity index (χ0v) is 9.89. The van der Waals surface area contributed by atoms with Crippen LogP contribution >= 0.6 is 0 Å². The lowest BCUT2D eigenvalue weighted by molar-refractivity contribution is -0.147. The van der Waals surface area contributed by atoms with E-state index in [-0.39, 0.29) is 18.4 Å². The second-order valence-electron chi connectivity index (χ2n) is 3.37. The van der Waals surface area contributed by atoms with Crippen molar-refractivity contribution in [3.05, 3.63) is 12.2 Å². The van der Waals surface area contributed by atoms with Crippen LogP contribution in [-0.2, 0) is 23.9 Å². The highest BCUT2D eigenvalue weighted by Crippen LogP contribution is 2.19. The molecule has 0 heterocycles. The minimum Gasteiger partial charge on any atom is -0.478 e. The molecule has 0 saturated carbocycles. The molecule has 0 bridgehead atoms. The van der Waals surface area contributed by atoms with Gasteiger partial charge in [0.25, 0.3) is 0 Å². The molecule has 96 valence electrons. The highest BCUT2D eigenvalue weighted by atomic mass is 16.5. The Hall–Kier alpha value is -1.85. The summed E-state index contributed by atoms with van der Waals surface area (Å²) in [5, 5.41) is 8.75. The Morgan fingerprint density at radius 1 is 1.24 bits per heavy atom. The van der Waals surface area contributed by atoms with Gasteiger partial charge in [-0.05, 0) is 12.8 Å². The van der Waals surface area contributed by atoms with Crippen LogP contribution in [0.2, 0.25) is 0 Å². The number of methoxy groups -OCH3 is 2. The van der Waals surface area contributed by atoms with Gasteiger partial charge in [0.05, 0.1) is 20.1 Å². The summed E-state index contributed by atoms with van der Waals surface area (Å²) in [7, 11) is 2.43. The minimum absolute atomic E-state index is 0.122. The normalized spacial score (nSPS) is 11.4. The Balaban J connectivity index is 4.41. The van der Waals surface area contributed by atoms with Crippen LogP contribution in [0.5, 0.6) is 0 Å². The summed E-state index contributed by atoms with van der Waals surface area (Å²) in [6.07, 6.45) is 0.641. The van der Waals surface area contributed by atoms with Crippen molar-refractivity contribution < 1.29 is 29.0 Å². The molecule has 0 aromatic carbocycles. The number of aliphatic carboxylic acids is 1. The van der Waals surface area contributed by atoms with E-state index in [1.807, 2.05) is 0 Å². The Morgan fingerprint density at radius 3 is 2.24 bits per heavy atom. The van der Waals surface area contributed by atoms with E-state index in [2.05, 4.69) is 16.1 Å². The van der Waals surface area contributed by atoms with Crippen molar-refractivity contribution in [1.82, 2.24) is 0 Å². The van der Waals surface area contributed by atoms with Crippen LogP contribution in [0.25, 0.3) is 0 Å². The Bertz CT molecular complexity index is 320. The van der Waals surface area contributed by atoms with Gasteiger partial charge < -0.3 is 14.6 Å². The topological polar surface area (TPSA) is 89.9 Å². The predicted molar refractivity (Wildman–Crippen MR) is 58.1 cm³/mol. The zero-order valence-electron chi connectivity index (χ0n) is 9.89. The summed E-state index contributed by atoms with van der Waals surface area (Å²) in [5.74, 6) is -3.25. The van der Waals surface area contributed by atoms with Gasteiger partial charge >= 0.3 is 17.9 Å². The molecule has 17 heavy (non-hydrogen) atoms. The van der Waals surface area contributed by atoms with Gasteiger partial charge in [-0.1, -0.05) is 6.58 Å². The van der Waals surface area contributed by atoms with Crippen molar-refractivity contribution in [2.24, 2.45) is 5.92 Å². The van der Waals surface area contributed by atoms with E-state index in [0.717, 1.165) is 0 Å². The third-order valence-electron chi connectivity index (χ3n) is 2.28. The predicted octanol–water partition coefficient (Wildman–Crippen LogP) is 0.760. The molecule has 0 aliphatic rings. The van der Waals surface area contributed by atoms with Gasteiger partial charge in [0, 0.05) is 12.0 Å². The van der Waals surface area contributed by atoms with E-state index in [4.69, 9.17) is 5.11 Å². The Kier molecular flexibility index (Phi) is 6.62. The molecule has 0 spiro atoms. The number of carboxylic acid groups (broad SMARTS) is 1. The third-order valence-corrected chi connectivity index (χ3v) is 2.28. The maximum Gasteiger partial charge on any atom is 0.331 e. The van der Waals surface area contributed by atoms with Crippen LogP contribution < -0.4 is 0 Å². The fourth-order valence-corrected chi connectivity index (χ4v) is 1.28. The molecule has 0 rings (SSSR count). The summed E-state index contributed by atoms with van der Waals surface area (Å²) in [6.45, 7) is 3.32. The highest BCUT2D eigenvalue weighted by molar-refractivity contribution is 5.93. The van der Waals surface area contributed by atoms with E-state index in [1.165, 1.54) is 14.2 Å². The third kappa shape index (κ3) is 5.14. The first-order valence-corrected chi connectivity index (χ1v) is 5.00. The van der Waals surface area contributed by atoms with Crippen LogP contribution in [-0.4, -0.2) is 37.2 Å². The molecule has 0 unspecified atom stereocenters. The number of carboxylic acids is 1. The van der Waals surface area contributed by atoms with Gasteiger partial charge in [-0.2, -0.15) is 0 Å². The van der Waals surface area contributed by atoms with E-state index < -0.39 is 23.8 Å². The molecule has 6 heteroatoms. The van der Waals surface area contributed by atoms with Gasteiger partial charge in [0.15, 0.2) is 0 Å². The molecule has 0 radical (unpaired) electrons. The van der Waals surface area contributed by atoms with Crippen LogP contribution in [0, 0.1) is 5.92 Å². The van der Waals surface area contributed by atoms with Gasteiger partial charge in [0.2, 0.25) is 0 Å². The number of carbonyl (C=O) groups excluding carboxylic acids is 2. The molecule has 1 atom stereocenters. The van der Waals surface area contributed by atoms with Gasteiger partial charge in [-0.25, -0.2) is 4.79 Å². The van der Waals surface area contributed by atoms with E-state index in [0.29, 0.717) is 6.42 Å². The van der Waals surface area contributed by atoms with Crippen LogP contribution in [0.1, 0.15) is 19.3 Å². The first-order chi connectivity index (χ1) is 7.93. The van der Waals surface area contributed by atoms with Gasteiger partial charge in [-0.15, -0.1) is 0 Å². The van der Waals surface area contributed by atoms with Crippen molar-refractivity contribution in [3.8, 4) is 0 Å². The first kappa shape index (κ1) is 15.2. The Morgan fingerprint density at radius 2 is 1.82 bits per heavy atom. The maximum absolute atomic E-state index is 11.3. The van der Waals surface area contributed by atoms with Crippen molar-refractivity contribution in [2.75, 3.05) is 14.2 Å². The summed E-state index contributed by atoms with van der Waals surface area (Å²) in [6, 6.07) is 0. The molecule has 6 nitrogen and oxygen atoms in total. The van der Waals surface area contributed by atoms with E-state index in [1.54, 1.807) is 0 Å². The van der Waals surface area contributed by atoms with Crippen molar-refractivity contribution in [1.29, 1.82) is 0 Å². The van der Waals surface area contributed by atoms with E-state index in [9.17, 15) is 14.4 Å². The lowest BCUT2D eigenvalue weighted by Gasteiger charge is -2.13. The SMILES string of the molecule is C=C(C(=O)O)[C@@H](CCCC(=O)OC)C(=O)OC. The number of hydrogen-bond donors (Lipinski definition) is 1. The average molecular weight is 244 g/mol. The summed E-state index contributed by atoms with van der Waals surface area (Å²) in [4.78, 5) is 32.9. The lowest BCUT2D eigenvalue weighted by atomic mass is 9.94. The standard InChI is InChI=1S/C11H16O6/c1-7(10(13)14)8(11(15)17-3)5-4-6-9(12)16-2/h8H,1,4-6H2,2-3H3,(H,13,14)/t8-/m1/s1. The van der Waals surface area contributed by atoms with E-state index >= 15 is 0 Å². The average Bonchev–Trinajstić information content (AvgIpc) is 2.32. The lowest BCUT2D eigenvalue weighted by Crippen LogP contribution is -2.22. The molecule has 0 aliphatic heterocycles. The summed E-state index contributed by atoms with van der Waals surface area (Å²) >= 11 is 0.